The number of carbonyl (C=O) groups is 2. The lowest BCUT2D eigenvalue weighted by atomic mass is 9.89. The number of sulfonamides is 1. The van der Waals surface area contributed by atoms with E-state index >= 15 is 0 Å². The van der Waals surface area contributed by atoms with Crippen molar-refractivity contribution in [2.24, 2.45) is 4.99 Å². The molecule has 0 aromatic heterocycles. The van der Waals surface area contributed by atoms with Gasteiger partial charge in [-0.25, -0.2) is 8.42 Å². The third kappa shape index (κ3) is 5.80. The Morgan fingerprint density at radius 2 is 1.66 bits per heavy atom. The zero-order valence-electron chi connectivity index (χ0n) is 22.8. The van der Waals surface area contributed by atoms with Gasteiger partial charge in [0.2, 0.25) is 10.0 Å². The number of carbonyl (C=O) groups excluding carboxylic acids is 2. The van der Waals surface area contributed by atoms with Crippen molar-refractivity contribution in [3.8, 4) is 0 Å². The molecule has 0 atom stereocenters. The van der Waals surface area contributed by atoms with Crippen LogP contribution in [0.2, 0.25) is 0 Å². The molecule has 0 saturated carbocycles. The van der Waals surface area contributed by atoms with Crippen LogP contribution in [0.5, 0.6) is 0 Å². The molecule has 3 aliphatic heterocycles. The first-order valence-electron chi connectivity index (χ1n) is 13.5. The number of amides is 2. The summed E-state index contributed by atoms with van der Waals surface area (Å²) in [6.45, 7) is 5.22. The molecule has 2 fully saturated rings. The van der Waals surface area contributed by atoms with Crippen LogP contribution in [-0.2, 0) is 21.0 Å². The molecular formula is C29H31F3N4O4S. The lowest BCUT2D eigenvalue weighted by Crippen LogP contribution is -2.50. The maximum absolute atomic E-state index is 13.2. The van der Waals surface area contributed by atoms with Crippen LogP contribution in [0.4, 0.5) is 13.2 Å². The fourth-order valence-corrected chi connectivity index (χ4v) is 6.82. The minimum Gasteiger partial charge on any atom is -0.339 e. The van der Waals surface area contributed by atoms with Gasteiger partial charge in [-0.3, -0.25) is 14.6 Å². The van der Waals surface area contributed by atoms with Gasteiger partial charge < -0.3 is 10.2 Å². The van der Waals surface area contributed by atoms with Gasteiger partial charge in [0, 0.05) is 42.7 Å². The molecule has 1 N–H and O–H groups in total. The minimum atomic E-state index is -4.53. The summed E-state index contributed by atoms with van der Waals surface area (Å²) in [7, 11) is -3.83. The zero-order chi connectivity index (χ0) is 29.6. The van der Waals surface area contributed by atoms with Gasteiger partial charge in [-0.2, -0.15) is 17.5 Å². The first kappa shape index (κ1) is 29.0. The Bertz CT molecular complexity index is 1530. The number of alkyl halides is 3. The van der Waals surface area contributed by atoms with Crippen molar-refractivity contribution >= 4 is 33.7 Å². The predicted octanol–water partition coefficient (Wildman–Crippen LogP) is 4.27. The summed E-state index contributed by atoms with van der Waals surface area (Å²) in [4.78, 5) is 31.9. The molecule has 218 valence electrons. The number of hydrogen-bond donors (Lipinski definition) is 1. The van der Waals surface area contributed by atoms with Crippen LogP contribution in [0.15, 0.2) is 46.8 Å². The van der Waals surface area contributed by atoms with E-state index in [0.29, 0.717) is 11.1 Å². The monoisotopic (exact) mass is 588 g/mol. The molecule has 2 amide bonds. The number of likely N-dealkylation sites (tertiary alicyclic amines) is 1. The number of aryl methyl sites for hydroxylation is 2. The van der Waals surface area contributed by atoms with E-state index in [1.54, 1.807) is 12.1 Å². The largest absolute Gasteiger partial charge is 0.416 e. The van der Waals surface area contributed by atoms with E-state index in [-0.39, 0.29) is 43.2 Å². The molecule has 2 aromatic carbocycles. The van der Waals surface area contributed by atoms with Crippen molar-refractivity contribution < 1.29 is 31.2 Å². The van der Waals surface area contributed by atoms with Gasteiger partial charge in [0.25, 0.3) is 11.8 Å². The van der Waals surface area contributed by atoms with Crippen molar-refractivity contribution in [2.75, 3.05) is 26.2 Å². The van der Waals surface area contributed by atoms with E-state index in [2.05, 4.69) is 10.3 Å². The van der Waals surface area contributed by atoms with E-state index in [4.69, 9.17) is 0 Å². The molecule has 0 unspecified atom stereocenters. The third-order valence-corrected chi connectivity index (χ3v) is 9.56. The number of piperidine rings is 1. The number of nitrogens with one attached hydrogen (secondary N) is 1. The first-order chi connectivity index (χ1) is 19.3. The fraction of sp³-hybridized carbons (Fsp3) is 0.414. The number of rotatable bonds is 5. The second-order valence-corrected chi connectivity index (χ2v) is 12.6. The zero-order valence-corrected chi connectivity index (χ0v) is 23.6. The molecule has 0 aliphatic carbocycles. The Morgan fingerprint density at radius 3 is 2.27 bits per heavy atom. The van der Waals surface area contributed by atoms with Gasteiger partial charge in [0.15, 0.2) is 0 Å². The van der Waals surface area contributed by atoms with Gasteiger partial charge in [-0.15, -0.1) is 0 Å². The molecule has 3 heterocycles. The minimum absolute atomic E-state index is 0.0195. The van der Waals surface area contributed by atoms with E-state index in [0.717, 1.165) is 54.6 Å². The highest BCUT2D eigenvalue weighted by molar-refractivity contribution is 7.92. The number of aliphatic imine (C=N–C) groups is 1. The average Bonchev–Trinajstić information content (AvgIpc) is 3.56. The normalized spacial score (nSPS) is 19.7. The standard InChI is InChI=1S/C29H31F3N4O4S/c1-19-16-22(26(37)35-11-3-4-12-35)17-20(2)24(19)8-15-41(39,40)36-13-9-28(10-14-36)27(38)33-25(34-28)21-6-5-7-23(18-21)29(30,31)32/h5-8,15-18H,3-4,9-14H2,1-2H3,(H,33,34,38)/b15-8+. The maximum atomic E-state index is 13.2. The Kier molecular flexibility index (Phi) is 7.58. The highest BCUT2D eigenvalue weighted by Gasteiger charge is 2.47. The Morgan fingerprint density at radius 1 is 1.02 bits per heavy atom. The fourth-order valence-electron chi connectivity index (χ4n) is 5.65. The summed E-state index contributed by atoms with van der Waals surface area (Å²) in [5.74, 6) is -0.420. The lowest BCUT2D eigenvalue weighted by Gasteiger charge is -2.34. The molecule has 12 heteroatoms. The van der Waals surface area contributed by atoms with Crippen LogP contribution in [-0.4, -0.2) is 67.0 Å². The van der Waals surface area contributed by atoms with Crippen molar-refractivity contribution in [1.29, 1.82) is 0 Å². The molecule has 1 spiro atoms. The van der Waals surface area contributed by atoms with Crippen LogP contribution in [0.1, 0.15) is 63.9 Å². The van der Waals surface area contributed by atoms with E-state index in [9.17, 15) is 31.2 Å². The molecule has 2 aromatic rings. The van der Waals surface area contributed by atoms with Crippen molar-refractivity contribution in [1.82, 2.24) is 14.5 Å². The van der Waals surface area contributed by atoms with Crippen molar-refractivity contribution in [3.63, 3.8) is 0 Å². The predicted molar refractivity (Wildman–Crippen MR) is 149 cm³/mol. The smallest absolute Gasteiger partial charge is 0.339 e. The molecule has 8 nitrogen and oxygen atoms in total. The second kappa shape index (κ2) is 10.7. The maximum Gasteiger partial charge on any atom is 0.416 e. The molecule has 5 rings (SSSR count). The number of halogens is 3. The molecule has 0 radical (unpaired) electrons. The van der Waals surface area contributed by atoms with Crippen LogP contribution in [0.3, 0.4) is 0 Å². The van der Waals surface area contributed by atoms with Gasteiger partial charge in [0.1, 0.15) is 11.4 Å². The average molecular weight is 589 g/mol. The lowest BCUT2D eigenvalue weighted by molar-refractivity contribution is -0.137. The highest BCUT2D eigenvalue weighted by Crippen LogP contribution is 2.34. The van der Waals surface area contributed by atoms with Crippen molar-refractivity contribution in [3.05, 3.63) is 75.2 Å². The Hall–Kier alpha value is -3.51. The second-order valence-electron chi connectivity index (χ2n) is 10.8. The van der Waals surface area contributed by atoms with Gasteiger partial charge >= 0.3 is 6.18 Å². The van der Waals surface area contributed by atoms with Gasteiger partial charge in [-0.05, 0) is 86.6 Å². The molecular weight excluding hydrogens is 557 g/mol. The topological polar surface area (TPSA) is 99.2 Å². The van der Waals surface area contributed by atoms with Crippen LogP contribution >= 0.6 is 0 Å². The summed E-state index contributed by atoms with van der Waals surface area (Å²) in [5, 5.41) is 3.72. The Balaban J connectivity index is 1.28. The van der Waals surface area contributed by atoms with Gasteiger partial charge in [0.05, 0.1) is 5.56 Å². The molecule has 3 aliphatic rings. The summed E-state index contributed by atoms with van der Waals surface area (Å²) >= 11 is 0. The van der Waals surface area contributed by atoms with Crippen LogP contribution in [0, 0.1) is 13.8 Å². The quantitative estimate of drug-likeness (QED) is 0.564. The summed E-state index contributed by atoms with van der Waals surface area (Å²) in [5.41, 5.74) is 0.935. The number of hydrogen-bond acceptors (Lipinski definition) is 5. The summed E-state index contributed by atoms with van der Waals surface area (Å²) in [6, 6.07) is 8.13. The molecule has 41 heavy (non-hydrogen) atoms. The molecule has 0 bridgehead atoms. The number of nitrogens with zero attached hydrogens (tertiary/aromatic N) is 3. The summed E-state index contributed by atoms with van der Waals surface area (Å²) < 4.78 is 67.1. The van der Waals surface area contributed by atoms with Crippen LogP contribution < -0.4 is 5.32 Å². The Labute approximate surface area is 237 Å². The summed E-state index contributed by atoms with van der Waals surface area (Å²) in [6.07, 6.45) is -0.823. The SMILES string of the molecule is Cc1cc(C(=O)N2CCCC2)cc(C)c1/C=C/S(=O)(=O)N1CCC2(CC1)N=C(c1cccc(C(F)(F)F)c1)NC2=O. The van der Waals surface area contributed by atoms with Gasteiger partial charge in [-0.1, -0.05) is 12.1 Å². The first-order valence-corrected chi connectivity index (χ1v) is 15.0. The van der Waals surface area contributed by atoms with Crippen LogP contribution in [0.25, 0.3) is 6.08 Å². The van der Waals surface area contributed by atoms with E-state index in [1.807, 2.05) is 18.7 Å². The number of amidine groups is 1. The third-order valence-electron chi connectivity index (χ3n) is 7.99. The van der Waals surface area contributed by atoms with E-state index in [1.165, 1.54) is 22.5 Å². The molecule has 2 saturated heterocycles. The van der Waals surface area contributed by atoms with Crippen molar-refractivity contribution in [2.45, 2.75) is 51.2 Å². The van der Waals surface area contributed by atoms with E-state index < -0.39 is 33.2 Å². The highest BCUT2D eigenvalue weighted by atomic mass is 32.2. The number of benzene rings is 2.